The number of carbonyl (C=O) groups is 1. The molecule has 2 heterocycles. The summed E-state index contributed by atoms with van der Waals surface area (Å²) in [5, 5.41) is 4.71. The molecule has 0 bridgehead atoms. The van der Waals surface area contributed by atoms with Crippen molar-refractivity contribution in [1.29, 1.82) is 0 Å². The fourth-order valence-corrected chi connectivity index (χ4v) is 3.39. The van der Waals surface area contributed by atoms with Crippen LogP contribution in [0.4, 0.5) is 4.39 Å². The van der Waals surface area contributed by atoms with Gasteiger partial charge in [0.05, 0.1) is 18.5 Å². The molecule has 1 atom stereocenters. The smallest absolute Gasteiger partial charge is 0.289 e. The Kier molecular flexibility index (Phi) is 5.62. The van der Waals surface area contributed by atoms with Crippen LogP contribution in [0, 0.1) is 5.82 Å². The number of rotatable bonds is 6. The van der Waals surface area contributed by atoms with Crippen molar-refractivity contribution in [3.05, 3.63) is 94.7 Å². The zero-order valence-corrected chi connectivity index (χ0v) is 16.2. The number of hydrogen-bond donors (Lipinski definition) is 0. The summed E-state index contributed by atoms with van der Waals surface area (Å²) in [7, 11) is 0. The van der Waals surface area contributed by atoms with Crippen LogP contribution in [0.15, 0.2) is 76.5 Å². The van der Waals surface area contributed by atoms with Gasteiger partial charge in [-0.3, -0.25) is 4.79 Å². The molecule has 0 fully saturated rings. The molecule has 5 nitrogen and oxygen atoms in total. The third-order valence-corrected chi connectivity index (χ3v) is 5.04. The molecule has 1 amide bonds. The average molecular weight is 413 g/mol. The van der Waals surface area contributed by atoms with E-state index in [9.17, 15) is 9.18 Å². The van der Waals surface area contributed by atoms with E-state index in [0.29, 0.717) is 24.5 Å². The predicted molar refractivity (Wildman–Crippen MR) is 107 cm³/mol. The molecule has 0 spiro atoms. The molecule has 0 saturated carbocycles. The lowest BCUT2D eigenvalue weighted by Gasteiger charge is -2.24. The number of halogens is 2. The lowest BCUT2D eigenvalue weighted by Crippen LogP contribution is -2.37. The average Bonchev–Trinajstić information content (AvgIpc) is 3.41. The largest absolute Gasteiger partial charge is 0.459 e. The highest BCUT2D eigenvalue weighted by atomic mass is 35.5. The first-order valence-corrected chi connectivity index (χ1v) is 9.53. The van der Waals surface area contributed by atoms with Crippen molar-refractivity contribution in [3.63, 3.8) is 0 Å². The minimum Gasteiger partial charge on any atom is -0.459 e. The van der Waals surface area contributed by atoms with Crippen LogP contribution >= 0.6 is 11.6 Å². The minimum absolute atomic E-state index is 0.245. The van der Waals surface area contributed by atoms with Gasteiger partial charge >= 0.3 is 0 Å². The van der Waals surface area contributed by atoms with Gasteiger partial charge in [-0.2, -0.15) is 0 Å². The van der Waals surface area contributed by atoms with Crippen LogP contribution in [0.25, 0.3) is 0 Å². The van der Waals surface area contributed by atoms with Crippen LogP contribution in [0.1, 0.15) is 28.1 Å². The summed E-state index contributed by atoms with van der Waals surface area (Å²) < 4.78 is 18.4. The van der Waals surface area contributed by atoms with Gasteiger partial charge in [-0.25, -0.2) is 4.39 Å². The van der Waals surface area contributed by atoms with Crippen LogP contribution in [-0.4, -0.2) is 29.2 Å². The van der Waals surface area contributed by atoms with Gasteiger partial charge in [-0.1, -0.05) is 47.1 Å². The van der Waals surface area contributed by atoms with E-state index < -0.39 is 0 Å². The molecule has 0 unspecified atom stereocenters. The summed E-state index contributed by atoms with van der Waals surface area (Å²) in [4.78, 5) is 20.1. The Morgan fingerprint density at radius 1 is 1.14 bits per heavy atom. The van der Waals surface area contributed by atoms with Gasteiger partial charge in [0, 0.05) is 18.0 Å². The maximum atomic E-state index is 13.2. The van der Waals surface area contributed by atoms with E-state index in [1.165, 1.54) is 18.4 Å². The van der Waals surface area contributed by atoms with Gasteiger partial charge < -0.3 is 14.2 Å². The fraction of sp³-hybridized carbons (Fsp3) is 0.182. The van der Waals surface area contributed by atoms with Crippen LogP contribution in [0.5, 0.6) is 0 Å². The fourth-order valence-electron chi connectivity index (χ4n) is 3.19. The number of nitrogens with zero attached hydrogens (tertiary/aromatic N) is 2. The molecule has 0 N–H and O–H groups in total. The lowest BCUT2D eigenvalue weighted by molar-refractivity contribution is 0.0387. The van der Waals surface area contributed by atoms with Crippen molar-refractivity contribution in [1.82, 2.24) is 4.90 Å². The zero-order valence-electron chi connectivity index (χ0n) is 15.4. The Bertz CT molecular complexity index is 1020. The Morgan fingerprint density at radius 2 is 1.93 bits per heavy atom. The van der Waals surface area contributed by atoms with E-state index in [1.54, 1.807) is 35.2 Å². The summed E-state index contributed by atoms with van der Waals surface area (Å²) in [6.07, 6.45) is 1.65. The van der Waals surface area contributed by atoms with E-state index in [1.807, 2.05) is 18.2 Å². The summed E-state index contributed by atoms with van der Waals surface area (Å²) in [6.45, 7) is 0.615. The number of carbonyl (C=O) groups excluding carboxylic acids is 1. The second-order valence-corrected chi connectivity index (χ2v) is 7.14. The van der Waals surface area contributed by atoms with Gasteiger partial charge in [0.15, 0.2) is 11.9 Å². The monoisotopic (exact) mass is 412 g/mol. The molecule has 1 aromatic heterocycles. The van der Waals surface area contributed by atoms with E-state index in [-0.39, 0.29) is 23.6 Å². The highest BCUT2D eigenvalue weighted by Gasteiger charge is 2.28. The third-order valence-electron chi connectivity index (χ3n) is 4.67. The van der Waals surface area contributed by atoms with Gasteiger partial charge in [0.25, 0.3) is 5.91 Å². The Labute approximate surface area is 172 Å². The standard InChI is InChI=1S/C22H18ClFN2O3/c23-19-5-2-1-4-16(19)13-26(22(27)21-6-3-11-28-21)14-18-12-20(25-29-18)15-7-9-17(24)10-8-15/h1-11,18H,12-14H2/t18-/m0/s1. The molecular weight excluding hydrogens is 395 g/mol. The first-order chi connectivity index (χ1) is 14.1. The van der Waals surface area contributed by atoms with E-state index in [0.717, 1.165) is 16.8 Å². The molecule has 3 aromatic rings. The third kappa shape index (κ3) is 4.49. The van der Waals surface area contributed by atoms with Gasteiger partial charge in [0.2, 0.25) is 0 Å². The molecule has 29 heavy (non-hydrogen) atoms. The molecule has 2 aromatic carbocycles. The number of amides is 1. The summed E-state index contributed by atoms with van der Waals surface area (Å²) >= 11 is 6.28. The van der Waals surface area contributed by atoms with Gasteiger partial charge in [-0.05, 0) is 41.5 Å². The zero-order chi connectivity index (χ0) is 20.2. The van der Waals surface area contributed by atoms with Crippen molar-refractivity contribution >= 4 is 23.2 Å². The quantitative estimate of drug-likeness (QED) is 0.578. The maximum Gasteiger partial charge on any atom is 0.289 e. The topological polar surface area (TPSA) is 55.0 Å². The second-order valence-electron chi connectivity index (χ2n) is 6.73. The molecular formula is C22H18ClFN2O3. The number of furan rings is 1. The molecule has 0 radical (unpaired) electrons. The van der Waals surface area contributed by atoms with Crippen molar-refractivity contribution in [3.8, 4) is 0 Å². The summed E-state index contributed by atoms with van der Waals surface area (Å²) in [5.74, 6) is -0.316. The molecule has 0 saturated heterocycles. The van der Waals surface area contributed by atoms with Gasteiger partial charge in [-0.15, -0.1) is 0 Å². The van der Waals surface area contributed by atoms with Crippen molar-refractivity contribution < 1.29 is 18.4 Å². The molecule has 148 valence electrons. The number of hydrogen-bond acceptors (Lipinski definition) is 4. The first kappa shape index (κ1) is 19.2. The molecule has 1 aliphatic rings. The van der Waals surface area contributed by atoms with Crippen LogP contribution < -0.4 is 0 Å². The van der Waals surface area contributed by atoms with Crippen molar-refractivity contribution in [2.75, 3.05) is 6.54 Å². The maximum absolute atomic E-state index is 13.2. The summed E-state index contributed by atoms with van der Waals surface area (Å²) in [5.41, 5.74) is 2.34. The van der Waals surface area contributed by atoms with Gasteiger partial charge in [0.1, 0.15) is 5.82 Å². The first-order valence-electron chi connectivity index (χ1n) is 9.15. The highest BCUT2D eigenvalue weighted by molar-refractivity contribution is 6.31. The lowest BCUT2D eigenvalue weighted by atomic mass is 10.0. The number of oxime groups is 1. The SMILES string of the molecule is O=C(c1ccco1)N(Cc1ccccc1Cl)C[C@@H]1CC(c2ccc(F)cc2)=NO1. The van der Waals surface area contributed by atoms with Crippen LogP contribution in [-0.2, 0) is 11.4 Å². The van der Waals surface area contributed by atoms with Crippen molar-refractivity contribution in [2.24, 2.45) is 5.16 Å². The molecule has 7 heteroatoms. The molecule has 0 aliphatic carbocycles. The molecule has 1 aliphatic heterocycles. The highest BCUT2D eigenvalue weighted by Crippen LogP contribution is 2.22. The summed E-state index contributed by atoms with van der Waals surface area (Å²) in [6, 6.07) is 16.8. The predicted octanol–water partition coefficient (Wildman–Crippen LogP) is 4.91. The Morgan fingerprint density at radius 3 is 2.66 bits per heavy atom. The van der Waals surface area contributed by atoms with Crippen LogP contribution in [0.3, 0.4) is 0 Å². The normalized spacial score (nSPS) is 15.7. The van der Waals surface area contributed by atoms with E-state index in [2.05, 4.69) is 5.16 Å². The number of benzene rings is 2. The second kappa shape index (κ2) is 8.49. The minimum atomic E-state index is -0.323. The Balaban J connectivity index is 1.49. The van der Waals surface area contributed by atoms with Crippen LogP contribution in [0.2, 0.25) is 5.02 Å². The van der Waals surface area contributed by atoms with Crippen molar-refractivity contribution in [2.45, 2.75) is 19.1 Å². The Hall–Kier alpha value is -3.12. The molecule has 4 rings (SSSR count). The van der Waals surface area contributed by atoms with E-state index in [4.69, 9.17) is 20.9 Å². The van der Waals surface area contributed by atoms with E-state index >= 15 is 0 Å².